The molecule has 0 saturated carbocycles. The van der Waals surface area contributed by atoms with Gasteiger partial charge in [-0.25, -0.2) is 0 Å². The Hall–Kier alpha value is -6.64. The number of hydrogen-bond donors (Lipinski definition) is 0. The Labute approximate surface area is 310 Å². The van der Waals surface area contributed by atoms with Crippen molar-refractivity contribution in [2.45, 2.75) is 19.3 Å². The van der Waals surface area contributed by atoms with Gasteiger partial charge in [-0.2, -0.15) is 0 Å². The quantitative estimate of drug-likeness (QED) is 0.174. The summed E-state index contributed by atoms with van der Waals surface area (Å²) < 4.78 is 6.59. The van der Waals surface area contributed by atoms with Gasteiger partial charge in [0.2, 0.25) is 0 Å². The second-order valence-electron chi connectivity index (χ2n) is 14.5. The Kier molecular flexibility index (Phi) is 7.19. The Morgan fingerprint density at radius 1 is 0.396 bits per heavy atom. The first-order valence-corrected chi connectivity index (χ1v) is 18.3. The molecule has 2 nitrogen and oxygen atoms in total. The van der Waals surface area contributed by atoms with Crippen molar-refractivity contribution in [3.8, 4) is 44.5 Å². The van der Waals surface area contributed by atoms with E-state index in [1.807, 2.05) is 6.07 Å². The number of hydrogen-bond acceptors (Lipinski definition) is 2. The minimum absolute atomic E-state index is 0.113. The average molecular weight is 680 g/mol. The van der Waals surface area contributed by atoms with E-state index in [9.17, 15) is 0 Å². The number of fused-ring (bicyclic) bond motifs is 6. The van der Waals surface area contributed by atoms with Gasteiger partial charge in [0.25, 0.3) is 0 Å². The Morgan fingerprint density at radius 2 is 1.00 bits per heavy atom. The molecule has 1 heterocycles. The fourth-order valence-electron chi connectivity index (χ4n) is 8.42. The monoisotopic (exact) mass is 679 g/mol. The minimum atomic E-state index is -0.113. The number of rotatable bonds is 6. The maximum atomic E-state index is 6.59. The number of nitrogens with zero attached hydrogens (tertiary/aromatic N) is 1. The molecule has 0 radical (unpaired) electrons. The molecule has 0 saturated heterocycles. The van der Waals surface area contributed by atoms with Crippen molar-refractivity contribution in [3.63, 3.8) is 0 Å². The van der Waals surface area contributed by atoms with Crippen LogP contribution < -0.4 is 4.90 Å². The van der Waals surface area contributed by atoms with Crippen LogP contribution in [0.5, 0.6) is 0 Å². The normalized spacial score (nSPS) is 12.9. The van der Waals surface area contributed by atoms with Gasteiger partial charge < -0.3 is 9.32 Å². The zero-order chi connectivity index (χ0) is 35.5. The lowest BCUT2D eigenvalue weighted by atomic mass is 9.82. The van der Waals surface area contributed by atoms with Crippen LogP contribution in [0.3, 0.4) is 0 Å². The zero-order valence-electron chi connectivity index (χ0n) is 29.8. The summed E-state index contributed by atoms with van der Waals surface area (Å²) in [4.78, 5) is 2.42. The van der Waals surface area contributed by atoms with E-state index in [1.165, 1.54) is 44.5 Å². The highest BCUT2D eigenvalue weighted by Crippen LogP contribution is 2.51. The van der Waals surface area contributed by atoms with E-state index in [0.717, 1.165) is 50.1 Å². The van der Waals surface area contributed by atoms with Crippen LogP contribution in [-0.4, -0.2) is 0 Å². The van der Waals surface area contributed by atoms with Gasteiger partial charge in [-0.05, 0) is 93.0 Å². The Bertz CT molecular complexity index is 2790. The van der Waals surface area contributed by atoms with Crippen LogP contribution >= 0.6 is 0 Å². The number of anilines is 3. The molecule has 1 aliphatic carbocycles. The molecule has 8 aromatic carbocycles. The van der Waals surface area contributed by atoms with Gasteiger partial charge in [-0.3, -0.25) is 0 Å². The van der Waals surface area contributed by atoms with Gasteiger partial charge in [0.1, 0.15) is 11.2 Å². The molecular weight excluding hydrogens is 643 g/mol. The molecule has 1 aromatic heterocycles. The molecular formula is C51H37NO. The van der Waals surface area contributed by atoms with E-state index in [4.69, 9.17) is 4.42 Å². The summed E-state index contributed by atoms with van der Waals surface area (Å²) in [6.07, 6.45) is 0. The first kappa shape index (κ1) is 31.1. The maximum absolute atomic E-state index is 6.59. The van der Waals surface area contributed by atoms with Gasteiger partial charge in [0.15, 0.2) is 0 Å². The molecule has 53 heavy (non-hydrogen) atoms. The van der Waals surface area contributed by atoms with Gasteiger partial charge >= 0.3 is 0 Å². The summed E-state index contributed by atoms with van der Waals surface area (Å²) in [7, 11) is 0. The Balaban J connectivity index is 1.15. The van der Waals surface area contributed by atoms with E-state index in [1.54, 1.807) is 0 Å². The van der Waals surface area contributed by atoms with Crippen LogP contribution in [0.4, 0.5) is 17.1 Å². The number of para-hydroxylation sites is 2. The highest BCUT2D eigenvalue weighted by molar-refractivity contribution is 6.11. The van der Waals surface area contributed by atoms with Crippen LogP contribution in [0.1, 0.15) is 25.0 Å². The molecule has 10 rings (SSSR count). The summed E-state index contributed by atoms with van der Waals surface area (Å²) in [5.41, 5.74) is 17.3. The van der Waals surface area contributed by atoms with Crippen molar-refractivity contribution in [2.75, 3.05) is 4.90 Å². The van der Waals surface area contributed by atoms with E-state index in [2.05, 4.69) is 201 Å². The first-order valence-electron chi connectivity index (χ1n) is 18.3. The molecule has 0 amide bonds. The molecule has 252 valence electrons. The van der Waals surface area contributed by atoms with Crippen LogP contribution in [0.15, 0.2) is 192 Å². The Morgan fingerprint density at radius 3 is 1.79 bits per heavy atom. The van der Waals surface area contributed by atoms with Gasteiger partial charge in [0.05, 0.1) is 5.69 Å². The lowest BCUT2D eigenvalue weighted by Crippen LogP contribution is -2.16. The van der Waals surface area contributed by atoms with Crippen LogP contribution in [-0.2, 0) is 5.41 Å². The fourth-order valence-corrected chi connectivity index (χ4v) is 8.42. The molecule has 2 heteroatoms. The van der Waals surface area contributed by atoms with Crippen LogP contribution in [0, 0.1) is 0 Å². The van der Waals surface area contributed by atoms with Crippen LogP contribution in [0.25, 0.3) is 66.4 Å². The number of furan rings is 1. The van der Waals surface area contributed by atoms with Crippen LogP contribution in [0.2, 0.25) is 0 Å². The highest BCUT2D eigenvalue weighted by atomic mass is 16.3. The molecule has 1 aliphatic rings. The van der Waals surface area contributed by atoms with Crippen molar-refractivity contribution >= 4 is 39.0 Å². The van der Waals surface area contributed by atoms with E-state index < -0.39 is 0 Å². The molecule has 0 fully saturated rings. The highest BCUT2D eigenvalue weighted by Gasteiger charge is 2.36. The lowest BCUT2D eigenvalue weighted by Gasteiger charge is -2.30. The smallest absolute Gasteiger partial charge is 0.143 e. The molecule has 0 atom stereocenters. The summed E-state index contributed by atoms with van der Waals surface area (Å²) in [5, 5.41) is 2.25. The SMILES string of the molecule is CC1(C)c2ccccc2-c2ccc(N(c3ccc(-c4cc(-c5ccccc5)cc5c4oc4ccccc45)cc3)c3ccccc3-c3ccccc3)cc21. The van der Waals surface area contributed by atoms with E-state index in [0.29, 0.717) is 0 Å². The van der Waals surface area contributed by atoms with E-state index in [-0.39, 0.29) is 5.41 Å². The summed E-state index contributed by atoms with van der Waals surface area (Å²) >= 11 is 0. The lowest BCUT2D eigenvalue weighted by molar-refractivity contribution is 0.660. The third-order valence-electron chi connectivity index (χ3n) is 11.1. The van der Waals surface area contributed by atoms with Crippen molar-refractivity contribution < 1.29 is 4.42 Å². The largest absolute Gasteiger partial charge is 0.455 e. The van der Waals surface area contributed by atoms with Crippen molar-refractivity contribution in [2.24, 2.45) is 0 Å². The third kappa shape index (κ3) is 5.10. The molecule has 0 aliphatic heterocycles. The molecule has 0 bridgehead atoms. The van der Waals surface area contributed by atoms with Crippen molar-refractivity contribution in [1.29, 1.82) is 0 Å². The topological polar surface area (TPSA) is 16.4 Å². The number of benzene rings is 8. The first-order chi connectivity index (χ1) is 26.0. The van der Waals surface area contributed by atoms with Crippen molar-refractivity contribution in [3.05, 3.63) is 199 Å². The maximum Gasteiger partial charge on any atom is 0.143 e. The summed E-state index contributed by atoms with van der Waals surface area (Å²) in [6, 6.07) is 67.8. The molecule has 0 spiro atoms. The van der Waals surface area contributed by atoms with Gasteiger partial charge in [-0.15, -0.1) is 0 Å². The van der Waals surface area contributed by atoms with Gasteiger partial charge in [0, 0.05) is 38.7 Å². The summed E-state index contributed by atoms with van der Waals surface area (Å²) in [5.74, 6) is 0. The second-order valence-corrected chi connectivity index (χ2v) is 14.5. The van der Waals surface area contributed by atoms with E-state index >= 15 is 0 Å². The second kappa shape index (κ2) is 12.3. The fraction of sp³-hybridized carbons (Fsp3) is 0.0588. The predicted octanol–water partition coefficient (Wildman–Crippen LogP) is 14.4. The summed E-state index contributed by atoms with van der Waals surface area (Å²) in [6.45, 7) is 4.70. The third-order valence-corrected chi connectivity index (χ3v) is 11.1. The molecule has 9 aromatic rings. The van der Waals surface area contributed by atoms with Gasteiger partial charge in [-0.1, -0.05) is 153 Å². The standard InChI is InChI=1S/C51H37NO/c1-51(2)46-22-12-9-20-41(46)42-30-29-39(33-47(42)51)52(48-23-13-10-19-40(48)35-17-7-4-8-18-35)38-27-25-36(26-28-38)44-31-37(34-15-5-3-6-16-34)32-45-43-21-11-14-24-49(43)53-50(44)45/h3-33H,1-2H3. The molecule has 0 unspecified atom stereocenters. The average Bonchev–Trinajstić information content (AvgIpc) is 3.71. The minimum Gasteiger partial charge on any atom is -0.455 e. The molecule has 0 N–H and O–H groups in total. The zero-order valence-corrected chi connectivity index (χ0v) is 29.8. The predicted molar refractivity (Wildman–Crippen MR) is 222 cm³/mol. The van der Waals surface area contributed by atoms with Crippen molar-refractivity contribution in [1.82, 2.24) is 0 Å².